The van der Waals surface area contributed by atoms with Crippen molar-refractivity contribution in [3.05, 3.63) is 70.8 Å². The number of ether oxygens (including phenoxy) is 1. The molecule has 0 fully saturated rings. The molecule has 0 heterocycles. The molecule has 0 aliphatic carbocycles. The van der Waals surface area contributed by atoms with Crippen molar-refractivity contribution in [3.8, 4) is 0 Å². The maximum atomic E-state index is 12.1. The fraction of sp³-hybridized carbons (Fsp3) is 0.300. The summed E-state index contributed by atoms with van der Waals surface area (Å²) >= 11 is 0. The number of esters is 1. The largest absolute Gasteiger partial charge is 0.452 e. The molecule has 0 saturated heterocycles. The van der Waals surface area contributed by atoms with Crippen LogP contribution in [0.25, 0.3) is 0 Å². The van der Waals surface area contributed by atoms with Crippen molar-refractivity contribution in [1.82, 2.24) is 5.32 Å². The monoisotopic (exact) mass is 325 g/mol. The van der Waals surface area contributed by atoms with Gasteiger partial charge in [-0.1, -0.05) is 54.4 Å². The van der Waals surface area contributed by atoms with Crippen molar-refractivity contribution < 1.29 is 14.3 Å². The van der Waals surface area contributed by atoms with Gasteiger partial charge in [-0.15, -0.1) is 0 Å². The van der Waals surface area contributed by atoms with Gasteiger partial charge in [0.1, 0.15) is 0 Å². The van der Waals surface area contributed by atoms with Crippen LogP contribution < -0.4 is 5.32 Å². The van der Waals surface area contributed by atoms with Crippen LogP contribution >= 0.6 is 0 Å². The molecular formula is C20H23NO3. The molecule has 1 amide bonds. The molecular weight excluding hydrogens is 302 g/mol. The highest BCUT2D eigenvalue weighted by atomic mass is 16.5. The van der Waals surface area contributed by atoms with Crippen LogP contribution in [-0.2, 0) is 9.53 Å². The second-order valence-electron chi connectivity index (χ2n) is 5.88. The standard InChI is InChI=1S/C20H23NO3/c1-4-18(16-9-5-14(2)6-10-16)21-19(22)13-24-20(23)17-11-7-15(3)8-12-17/h5-12,18H,4,13H2,1-3H3,(H,21,22)/t18-/m0/s1. The summed E-state index contributed by atoms with van der Waals surface area (Å²) in [4.78, 5) is 24.0. The molecule has 2 aromatic carbocycles. The minimum absolute atomic E-state index is 0.0869. The fourth-order valence-electron chi connectivity index (χ4n) is 2.36. The van der Waals surface area contributed by atoms with Crippen LogP contribution in [-0.4, -0.2) is 18.5 Å². The van der Waals surface area contributed by atoms with Gasteiger partial charge >= 0.3 is 5.97 Å². The van der Waals surface area contributed by atoms with E-state index in [2.05, 4.69) is 5.32 Å². The van der Waals surface area contributed by atoms with Gasteiger partial charge in [0.2, 0.25) is 0 Å². The number of hydrogen-bond donors (Lipinski definition) is 1. The molecule has 2 aromatic rings. The first-order chi connectivity index (χ1) is 11.5. The molecule has 0 aliphatic rings. The summed E-state index contributed by atoms with van der Waals surface area (Å²) in [6.45, 7) is 5.69. The number of hydrogen-bond acceptors (Lipinski definition) is 3. The molecule has 126 valence electrons. The van der Waals surface area contributed by atoms with E-state index in [4.69, 9.17) is 4.74 Å². The van der Waals surface area contributed by atoms with Crippen molar-refractivity contribution in [3.63, 3.8) is 0 Å². The Labute approximate surface area is 142 Å². The quantitative estimate of drug-likeness (QED) is 0.823. The van der Waals surface area contributed by atoms with Crippen LogP contribution in [0.4, 0.5) is 0 Å². The summed E-state index contributed by atoms with van der Waals surface area (Å²) in [6.07, 6.45) is 0.765. The van der Waals surface area contributed by atoms with Crippen LogP contribution in [0.3, 0.4) is 0 Å². The zero-order valence-electron chi connectivity index (χ0n) is 14.3. The summed E-state index contributed by atoms with van der Waals surface area (Å²) in [6, 6.07) is 15.0. The first-order valence-electron chi connectivity index (χ1n) is 8.09. The minimum atomic E-state index is -0.492. The molecule has 4 nitrogen and oxygen atoms in total. The van der Waals surface area contributed by atoms with E-state index < -0.39 is 5.97 Å². The van der Waals surface area contributed by atoms with Crippen molar-refractivity contribution in [2.45, 2.75) is 33.2 Å². The highest BCUT2D eigenvalue weighted by Crippen LogP contribution is 2.17. The zero-order chi connectivity index (χ0) is 17.5. The fourth-order valence-corrected chi connectivity index (χ4v) is 2.36. The third kappa shape index (κ3) is 4.95. The SMILES string of the molecule is CC[C@H](NC(=O)COC(=O)c1ccc(C)cc1)c1ccc(C)cc1. The zero-order valence-corrected chi connectivity index (χ0v) is 14.3. The van der Waals surface area contributed by atoms with Gasteiger partial charge in [-0.3, -0.25) is 4.79 Å². The lowest BCUT2D eigenvalue weighted by Gasteiger charge is -2.17. The van der Waals surface area contributed by atoms with Crippen LogP contribution in [0.5, 0.6) is 0 Å². The smallest absolute Gasteiger partial charge is 0.338 e. The van der Waals surface area contributed by atoms with E-state index >= 15 is 0 Å². The van der Waals surface area contributed by atoms with E-state index in [1.807, 2.05) is 57.2 Å². The molecule has 1 atom stereocenters. The van der Waals surface area contributed by atoms with Crippen LogP contribution in [0.2, 0.25) is 0 Å². The van der Waals surface area contributed by atoms with Gasteiger partial charge < -0.3 is 10.1 Å². The van der Waals surface area contributed by atoms with Gasteiger partial charge in [0, 0.05) is 0 Å². The van der Waals surface area contributed by atoms with Crippen molar-refractivity contribution in [2.75, 3.05) is 6.61 Å². The molecule has 1 N–H and O–H groups in total. The summed E-state index contributed by atoms with van der Waals surface area (Å²) in [5.74, 6) is -0.795. The second kappa shape index (κ2) is 8.29. The molecule has 0 unspecified atom stereocenters. The number of carbonyl (C=O) groups excluding carboxylic acids is 2. The number of carbonyl (C=O) groups is 2. The molecule has 0 radical (unpaired) electrons. The van der Waals surface area contributed by atoms with Crippen LogP contribution in [0, 0.1) is 13.8 Å². The lowest BCUT2D eigenvalue weighted by atomic mass is 10.0. The van der Waals surface area contributed by atoms with E-state index in [0.717, 1.165) is 17.5 Å². The number of rotatable bonds is 6. The van der Waals surface area contributed by atoms with Gasteiger partial charge in [0.15, 0.2) is 6.61 Å². The molecule has 0 saturated carbocycles. The van der Waals surface area contributed by atoms with Crippen molar-refractivity contribution in [1.29, 1.82) is 0 Å². The maximum absolute atomic E-state index is 12.1. The van der Waals surface area contributed by atoms with E-state index in [1.54, 1.807) is 12.1 Å². The number of aryl methyl sites for hydroxylation is 2. The first-order valence-corrected chi connectivity index (χ1v) is 8.09. The van der Waals surface area contributed by atoms with Gasteiger partial charge in [-0.25, -0.2) is 4.79 Å². The van der Waals surface area contributed by atoms with Crippen molar-refractivity contribution in [2.24, 2.45) is 0 Å². The Balaban J connectivity index is 1.88. The molecule has 0 aromatic heterocycles. The molecule has 4 heteroatoms. The van der Waals surface area contributed by atoms with Crippen molar-refractivity contribution >= 4 is 11.9 Å². The summed E-state index contributed by atoms with van der Waals surface area (Å²) in [5.41, 5.74) is 3.72. The minimum Gasteiger partial charge on any atom is -0.452 e. The van der Waals surface area contributed by atoms with E-state index in [1.165, 1.54) is 5.56 Å². The lowest BCUT2D eigenvalue weighted by molar-refractivity contribution is -0.125. The molecule has 2 rings (SSSR count). The topological polar surface area (TPSA) is 55.4 Å². The average Bonchev–Trinajstić information content (AvgIpc) is 2.59. The van der Waals surface area contributed by atoms with Gasteiger partial charge in [-0.2, -0.15) is 0 Å². The van der Waals surface area contributed by atoms with Gasteiger partial charge in [-0.05, 0) is 38.0 Å². The number of nitrogens with one attached hydrogen (secondary N) is 1. The molecule has 0 spiro atoms. The Morgan fingerprint density at radius 1 is 0.958 bits per heavy atom. The Hall–Kier alpha value is -2.62. The van der Waals surface area contributed by atoms with Gasteiger partial charge in [0.25, 0.3) is 5.91 Å². The number of benzene rings is 2. The Morgan fingerprint density at radius 2 is 1.50 bits per heavy atom. The normalized spacial score (nSPS) is 11.6. The predicted molar refractivity (Wildman–Crippen MR) is 93.8 cm³/mol. The average molecular weight is 325 g/mol. The first kappa shape index (κ1) is 17.7. The Bertz CT molecular complexity index is 690. The maximum Gasteiger partial charge on any atom is 0.338 e. The molecule has 24 heavy (non-hydrogen) atoms. The van der Waals surface area contributed by atoms with Crippen LogP contribution in [0.1, 0.15) is 46.4 Å². The van der Waals surface area contributed by atoms with Gasteiger partial charge in [0.05, 0.1) is 11.6 Å². The highest BCUT2D eigenvalue weighted by Gasteiger charge is 2.15. The summed E-state index contributed by atoms with van der Waals surface area (Å²) in [5, 5.41) is 2.90. The molecule has 0 bridgehead atoms. The van der Waals surface area contributed by atoms with Crippen LogP contribution in [0.15, 0.2) is 48.5 Å². The predicted octanol–water partition coefficient (Wildman–Crippen LogP) is 3.73. The summed E-state index contributed by atoms with van der Waals surface area (Å²) in [7, 11) is 0. The molecule has 0 aliphatic heterocycles. The van der Waals surface area contributed by atoms with E-state index in [9.17, 15) is 9.59 Å². The Morgan fingerprint density at radius 3 is 2.04 bits per heavy atom. The third-order valence-electron chi connectivity index (χ3n) is 3.84. The lowest BCUT2D eigenvalue weighted by Crippen LogP contribution is -2.32. The Kier molecular flexibility index (Phi) is 6.13. The number of amides is 1. The van der Waals surface area contributed by atoms with E-state index in [-0.39, 0.29) is 18.6 Å². The third-order valence-corrected chi connectivity index (χ3v) is 3.84. The second-order valence-corrected chi connectivity index (χ2v) is 5.88. The highest BCUT2D eigenvalue weighted by molar-refractivity contribution is 5.91. The summed E-state index contributed by atoms with van der Waals surface area (Å²) < 4.78 is 5.08. The van der Waals surface area contributed by atoms with E-state index in [0.29, 0.717) is 5.56 Å².